The number of nitrogens with zero attached hydrogens (tertiary/aromatic N) is 2. The van der Waals surface area contributed by atoms with Gasteiger partial charge in [0.25, 0.3) is 17.0 Å². The summed E-state index contributed by atoms with van der Waals surface area (Å²) in [4.78, 5) is 23.5. The van der Waals surface area contributed by atoms with E-state index in [-0.39, 0.29) is 22.4 Å². The van der Waals surface area contributed by atoms with Crippen molar-refractivity contribution in [3.8, 4) is 11.7 Å². The number of nitrogens with one attached hydrogen (secondary N) is 2. The normalized spacial score (nSPS) is 10.4. The molecule has 0 radical (unpaired) electrons. The third-order valence-electron chi connectivity index (χ3n) is 2.90. The van der Waals surface area contributed by atoms with Crippen molar-refractivity contribution in [3.63, 3.8) is 0 Å². The summed E-state index contributed by atoms with van der Waals surface area (Å²) in [7, 11) is 0. The highest BCUT2D eigenvalue weighted by Gasteiger charge is 2.14. The van der Waals surface area contributed by atoms with Gasteiger partial charge in [-0.05, 0) is 24.3 Å². The number of hydrogen-bond donors (Lipinski definition) is 2. The number of benzene rings is 1. The Morgan fingerprint density at radius 3 is 2.72 bits per heavy atom. The van der Waals surface area contributed by atoms with Crippen LogP contribution in [0.1, 0.15) is 10.4 Å². The average Bonchev–Trinajstić information content (AvgIpc) is 3.29. The molecular formula is C15H11FN4O4S. The van der Waals surface area contributed by atoms with E-state index in [2.05, 4.69) is 21.0 Å². The van der Waals surface area contributed by atoms with Gasteiger partial charge in [0, 0.05) is 0 Å². The molecule has 2 amide bonds. The van der Waals surface area contributed by atoms with Crippen LogP contribution in [-0.4, -0.2) is 27.8 Å². The molecule has 0 fully saturated rings. The molecule has 3 aromatic rings. The van der Waals surface area contributed by atoms with Crippen LogP contribution in [-0.2, 0) is 4.79 Å². The summed E-state index contributed by atoms with van der Waals surface area (Å²) in [5.41, 5.74) is 4.14. The molecule has 0 unspecified atom stereocenters. The molecule has 0 bridgehead atoms. The summed E-state index contributed by atoms with van der Waals surface area (Å²) in [6.45, 7) is 0. The van der Waals surface area contributed by atoms with Crippen molar-refractivity contribution in [2.75, 3.05) is 5.75 Å². The van der Waals surface area contributed by atoms with E-state index >= 15 is 0 Å². The Kier molecular flexibility index (Phi) is 5.09. The topological polar surface area (TPSA) is 110 Å². The fraction of sp³-hybridized carbons (Fsp3) is 0.0667. The molecule has 0 atom stereocenters. The van der Waals surface area contributed by atoms with E-state index < -0.39 is 17.6 Å². The first kappa shape index (κ1) is 16.7. The lowest BCUT2D eigenvalue weighted by molar-refractivity contribution is -0.119. The lowest BCUT2D eigenvalue weighted by Crippen LogP contribution is -2.42. The summed E-state index contributed by atoms with van der Waals surface area (Å²) < 4.78 is 23.9. The molecule has 0 saturated heterocycles. The van der Waals surface area contributed by atoms with Gasteiger partial charge in [-0.25, -0.2) is 4.39 Å². The Bertz CT molecular complexity index is 881. The van der Waals surface area contributed by atoms with Crippen LogP contribution >= 0.6 is 11.8 Å². The van der Waals surface area contributed by atoms with E-state index in [0.29, 0.717) is 5.76 Å². The predicted octanol–water partition coefficient (Wildman–Crippen LogP) is 2.02. The van der Waals surface area contributed by atoms with Crippen molar-refractivity contribution in [1.29, 1.82) is 0 Å². The number of halogens is 1. The second-order valence-corrected chi connectivity index (χ2v) is 5.55. The standard InChI is InChI=1S/C15H11FN4O4S/c16-10-5-2-1-4-9(10)13(22)18-17-12(21)8-25-15-20-19-14(24-15)11-6-3-7-23-11/h1-7H,8H2,(H,17,21)(H,18,22). The van der Waals surface area contributed by atoms with Gasteiger partial charge in [0.15, 0.2) is 5.76 Å². The number of hydrazine groups is 1. The van der Waals surface area contributed by atoms with Crippen molar-refractivity contribution >= 4 is 23.6 Å². The minimum atomic E-state index is -0.755. The Morgan fingerprint density at radius 2 is 1.96 bits per heavy atom. The summed E-state index contributed by atoms with van der Waals surface area (Å²) in [5.74, 6) is -1.43. The van der Waals surface area contributed by atoms with Crippen molar-refractivity contribution in [2.24, 2.45) is 0 Å². The summed E-state index contributed by atoms with van der Waals surface area (Å²) in [6.07, 6.45) is 1.47. The maximum absolute atomic E-state index is 13.4. The first-order valence-electron chi connectivity index (χ1n) is 6.97. The molecule has 10 heteroatoms. The number of thioether (sulfide) groups is 1. The van der Waals surface area contributed by atoms with Crippen LogP contribution in [0.25, 0.3) is 11.7 Å². The lowest BCUT2D eigenvalue weighted by Gasteiger charge is -2.07. The highest BCUT2D eigenvalue weighted by atomic mass is 32.2. The van der Waals surface area contributed by atoms with Gasteiger partial charge < -0.3 is 8.83 Å². The van der Waals surface area contributed by atoms with E-state index in [4.69, 9.17) is 8.83 Å². The maximum Gasteiger partial charge on any atom is 0.284 e. The number of amides is 2. The van der Waals surface area contributed by atoms with Gasteiger partial charge in [0.1, 0.15) is 5.82 Å². The maximum atomic E-state index is 13.4. The van der Waals surface area contributed by atoms with E-state index in [0.717, 1.165) is 17.8 Å². The molecule has 0 spiro atoms. The van der Waals surface area contributed by atoms with Gasteiger partial charge in [0.2, 0.25) is 5.91 Å². The van der Waals surface area contributed by atoms with Crippen molar-refractivity contribution < 1.29 is 22.8 Å². The lowest BCUT2D eigenvalue weighted by atomic mass is 10.2. The zero-order valence-corrected chi connectivity index (χ0v) is 13.4. The molecule has 1 aromatic carbocycles. The number of furan rings is 1. The number of carbonyl (C=O) groups is 2. The van der Waals surface area contributed by atoms with Gasteiger partial charge in [0.05, 0.1) is 17.6 Å². The fourth-order valence-electron chi connectivity index (χ4n) is 1.77. The molecule has 2 aromatic heterocycles. The zero-order valence-electron chi connectivity index (χ0n) is 12.6. The molecule has 0 aliphatic rings. The van der Waals surface area contributed by atoms with Crippen LogP contribution in [0.5, 0.6) is 0 Å². The van der Waals surface area contributed by atoms with Gasteiger partial charge >= 0.3 is 0 Å². The second kappa shape index (κ2) is 7.62. The largest absolute Gasteiger partial charge is 0.459 e. The molecular weight excluding hydrogens is 351 g/mol. The molecule has 0 saturated carbocycles. The SMILES string of the molecule is O=C(CSc1nnc(-c2ccco2)o1)NNC(=O)c1ccccc1F. The Hall–Kier alpha value is -3.14. The molecule has 0 aliphatic carbocycles. The molecule has 128 valence electrons. The summed E-state index contributed by atoms with van der Waals surface area (Å²) in [5, 5.41) is 7.72. The molecule has 0 aliphatic heterocycles. The quantitative estimate of drug-likeness (QED) is 0.528. The van der Waals surface area contributed by atoms with E-state index in [1.165, 1.54) is 24.5 Å². The van der Waals surface area contributed by atoms with Crippen LogP contribution in [0.2, 0.25) is 0 Å². The van der Waals surface area contributed by atoms with Crippen LogP contribution < -0.4 is 10.9 Å². The molecule has 3 rings (SSSR count). The zero-order chi connectivity index (χ0) is 17.6. The van der Waals surface area contributed by atoms with Gasteiger partial charge in [-0.15, -0.1) is 10.2 Å². The van der Waals surface area contributed by atoms with Crippen molar-refractivity contribution in [2.45, 2.75) is 5.22 Å². The van der Waals surface area contributed by atoms with E-state index in [9.17, 15) is 14.0 Å². The van der Waals surface area contributed by atoms with Crippen LogP contribution in [0.4, 0.5) is 4.39 Å². The second-order valence-electron chi connectivity index (χ2n) is 4.62. The van der Waals surface area contributed by atoms with Gasteiger partial charge in [-0.1, -0.05) is 23.9 Å². The van der Waals surface area contributed by atoms with E-state index in [1.807, 2.05) is 0 Å². The Morgan fingerprint density at radius 1 is 1.12 bits per heavy atom. The monoisotopic (exact) mass is 362 g/mol. The van der Waals surface area contributed by atoms with Crippen LogP contribution in [0.15, 0.2) is 56.7 Å². The first-order chi connectivity index (χ1) is 12.1. The first-order valence-corrected chi connectivity index (χ1v) is 7.96. The smallest absolute Gasteiger partial charge is 0.284 e. The van der Waals surface area contributed by atoms with E-state index in [1.54, 1.807) is 12.1 Å². The number of rotatable bonds is 5. The third-order valence-corrected chi connectivity index (χ3v) is 3.72. The van der Waals surface area contributed by atoms with Gasteiger partial charge in [-0.2, -0.15) is 0 Å². The summed E-state index contributed by atoms with van der Waals surface area (Å²) in [6, 6.07) is 8.77. The number of aromatic nitrogens is 2. The number of hydrogen-bond acceptors (Lipinski definition) is 7. The average molecular weight is 362 g/mol. The van der Waals surface area contributed by atoms with Crippen molar-refractivity contribution in [3.05, 3.63) is 54.0 Å². The summed E-state index contributed by atoms with van der Waals surface area (Å²) >= 11 is 0.978. The highest BCUT2D eigenvalue weighted by molar-refractivity contribution is 7.99. The molecule has 8 nitrogen and oxygen atoms in total. The van der Waals surface area contributed by atoms with Crippen LogP contribution in [0.3, 0.4) is 0 Å². The fourth-order valence-corrected chi connectivity index (χ4v) is 2.33. The third kappa shape index (κ3) is 4.23. The van der Waals surface area contributed by atoms with Crippen molar-refractivity contribution in [1.82, 2.24) is 21.0 Å². The Balaban J connectivity index is 1.47. The van der Waals surface area contributed by atoms with Crippen LogP contribution in [0, 0.1) is 5.82 Å². The van der Waals surface area contributed by atoms with Gasteiger partial charge in [-0.3, -0.25) is 20.4 Å². The predicted molar refractivity (Wildman–Crippen MR) is 84.7 cm³/mol. The minimum Gasteiger partial charge on any atom is -0.459 e. The molecule has 2 heterocycles. The highest BCUT2D eigenvalue weighted by Crippen LogP contribution is 2.22. The Labute approximate surface area is 144 Å². The molecule has 2 N–H and O–H groups in total. The molecule has 25 heavy (non-hydrogen) atoms. The minimum absolute atomic E-state index is 0.0860. The number of carbonyl (C=O) groups excluding carboxylic acids is 2.